The second-order valence-electron chi connectivity index (χ2n) is 4.21. The van der Waals surface area contributed by atoms with Gasteiger partial charge in [-0.3, -0.25) is 0 Å². The second kappa shape index (κ2) is 7.24. The summed E-state index contributed by atoms with van der Waals surface area (Å²) in [4.78, 5) is 11.6. The molecule has 1 aromatic carbocycles. The number of carbonyl (C=O) groups excluding carboxylic acids is 1. The Hall–Kier alpha value is -1.26. The number of aliphatic hydroxyl groups is 1. The van der Waals surface area contributed by atoms with Crippen LogP contribution in [0.1, 0.15) is 25.3 Å². The maximum atomic E-state index is 11.6. The standard InChI is InChI=1S/C13H19ClN2O2/c1-3-5-10(17)8-15-13(18)16-11-7-4-6-9(2)12(11)14/h4,6-7,10,17H,3,5,8H2,1-2H3,(H2,15,16,18). The Labute approximate surface area is 112 Å². The normalized spacial score (nSPS) is 12.0. The molecule has 5 heteroatoms. The summed E-state index contributed by atoms with van der Waals surface area (Å²) in [7, 11) is 0. The van der Waals surface area contributed by atoms with Crippen molar-refractivity contribution in [2.75, 3.05) is 11.9 Å². The van der Waals surface area contributed by atoms with Gasteiger partial charge in [-0.15, -0.1) is 0 Å². The number of hydrogen-bond donors (Lipinski definition) is 3. The van der Waals surface area contributed by atoms with Gasteiger partial charge in [-0.1, -0.05) is 37.1 Å². The van der Waals surface area contributed by atoms with E-state index in [1.54, 1.807) is 6.07 Å². The summed E-state index contributed by atoms with van der Waals surface area (Å²) in [5, 5.41) is 15.3. The Bertz CT molecular complexity index is 410. The number of benzene rings is 1. The van der Waals surface area contributed by atoms with Crippen LogP contribution in [0.2, 0.25) is 5.02 Å². The van der Waals surface area contributed by atoms with E-state index in [4.69, 9.17) is 11.6 Å². The van der Waals surface area contributed by atoms with E-state index in [2.05, 4.69) is 10.6 Å². The van der Waals surface area contributed by atoms with E-state index in [-0.39, 0.29) is 12.6 Å². The monoisotopic (exact) mass is 270 g/mol. The largest absolute Gasteiger partial charge is 0.391 e. The zero-order chi connectivity index (χ0) is 13.5. The molecule has 3 N–H and O–H groups in total. The quantitative estimate of drug-likeness (QED) is 0.770. The van der Waals surface area contributed by atoms with Gasteiger partial charge < -0.3 is 15.7 Å². The van der Waals surface area contributed by atoms with Crippen LogP contribution < -0.4 is 10.6 Å². The molecular weight excluding hydrogens is 252 g/mol. The van der Waals surface area contributed by atoms with E-state index in [1.165, 1.54) is 0 Å². The first-order chi connectivity index (χ1) is 8.54. The van der Waals surface area contributed by atoms with Gasteiger partial charge in [0.2, 0.25) is 0 Å². The fraction of sp³-hybridized carbons (Fsp3) is 0.462. The molecule has 0 fully saturated rings. The summed E-state index contributed by atoms with van der Waals surface area (Å²) in [6.07, 6.45) is 1.05. The zero-order valence-corrected chi connectivity index (χ0v) is 11.4. The molecule has 0 heterocycles. The molecular formula is C13H19ClN2O2. The Balaban J connectivity index is 2.47. The van der Waals surface area contributed by atoms with Crippen molar-refractivity contribution >= 4 is 23.3 Å². The summed E-state index contributed by atoms with van der Waals surface area (Å²) in [5.74, 6) is 0. The number of halogens is 1. The highest BCUT2D eigenvalue weighted by molar-refractivity contribution is 6.34. The van der Waals surface area contributed by atoms with Gasteiger partial charge >= 0.3 is 6.03 Å². The lowest BCUT2D eigenvalue weighted by atomic mass is 10.2. The highest BCUT2D eigenvalue weighted by Crippen LogP contribution is 2.24. The molecule has 0 radical (unpaired) electrons. The first-order valence-corrected chi connectivity index (χ1v) is 6.40. The Kier molecular flexibility index (Phi) is 5.95. The Morgan fingerprint density at radius 1 is 1.50 bits per heavy atom. The molecule has 1 atom stereocenters. The Morgan fingerprint density at radius 2 is 2.22 bits per heavy atom. The highest BCUT2D eigenvalue weighted by atomic mass is 35.5. The van der Waals surface area contributed by atoms with Crippen molar-refractivity contribution in [1.29, 1.82) is 0 Å². The third kappa shape index (κ3) is 4.55. The number of nitrogens with one attached hydrogen (secondary N) is 2. The zero-order valence-electron chi connectivity index (χ0n) is 10.7. The van der Waals surface area contributed by atoms with Gasteiger partial charge in [-0.25, -0.2) is 4.79 Å². The molecule has 0 saturated heterocycles. The molecule has 1 aromatic rings. The molecule has 0 saturated carbocycles. The lowest BCUT2D eigenvalue weighted by molar-refractivity contribution is 0.162. The third-order valence-corrected chi connectivity index (χ3v) is 3.06. The van der Waals surface area contributed by atoms with Gasteiger partial charge in [0.1, 0.15) is 0 Å². The second-order valence-corrected chi connectivity index (χ2v) is 4.59. The van der Waals surface area contributed by atoms with E-state index in [0.717, 1.165) is 12.0 Å². The summed E-state index contributed by atoms with van der Waals surface area (Å²) < 4.78 is 0. The van der Waals surface area contributed by atoms with Crippen LogP contribution in [-0.4, -0.2) is 23.8 Å². The minimum absolute atomic E-state index is 0.239. The number of aryl methyl sites for hydroxylation is 1. The number of anilines is 1. The molecule has 4 nitrogen and oxygen atoms in total. The van der Waals surface area contributed by atoms with Crippen molar-refractivity contribution in [1.82, 2.24) is 5.32 Å². The van der Waals surface area contributed by atoms with Crippen LogP contribution in [0.3, 0.4) is 0 Å². The Morgan fingerprint density at radius 3 is 2.89 bits per heavy atom. The van der Waals surface area contributed by atoms with E-state index >= 15 is 0 Å². The van der Waals surface area contributed by atoms with E-state index in [1.807, 2.05) is 26.0 Å². The van der Waals surface area contributed by atoms with Crippen LogP contribution in [-0.2, 0) is 0 Å². The van der Waals surface area contributed by atoms with Crippen LogP contribution in [0, 0.1) is 6.92 Å². The number of amides is 2. The minimum Gasteiger partial charge on any atom is -0.391 e. The number of hydrogen-bond acceptors (Lipinski definition) is 2. The fourth-order valence-electron chi connectivity index (χ4n) is 1.56. The summed E-state index contributed by atoms with van der Waals surface area (Å²) in [5.41, 5.74) is 1.47. The van der Waals surface area contributed by atoms with Crippen LogP contribution in [0.15, 0.2) is 18.2 Å². The fourth-order valence-corrected chi connectivity index (χ4v) is 1.73. The van der Waals surface area contributed by atoms with Gasteiger partial charge in [-0.05, 0) is 25.0 Å². The molecule has 1 unspecified atom stereocenters. The van der Waals surface area contributed by atoms with Crippen LogP contribution in [0.4, 0.5) is 10.5 Å². The van der Waals surface area contributed by atoms with Gasteiger partial charge in [0.05, 0.1) is 16.8 Å². The van der Waals surface area contributed by atoms with Crippen molar-refractivity contribution in [3.05, 3.63) is 28.8 Å². The first-order valence-electron chi connectivity index (χ1n) is 6.02. The van der Waals surface area contributed by atoms with Crippen LogP contribution in [0.5, 0.6) is 0 Å². The molecule has 18 heavy (non-hydrogen) atoms. The number of carbonyl (C=O) groups is 1. The van der Waals surface area contributed by atoms with Gasteiger partial charge in [0.15, 0.2) is 0 Å². The van der Waals surface area contributed by atoms with E-state index in [0.29, 0.717) is 17.1 Å². The number of urea groups is 1. The molecule has 0 aliphatic carbocycles. The maximum absolute atomic E-state index is 11.6. The third-order valence-electron chi connectivity index (χ3n) is 2.56. The highest BCUT2D eigenvalue weighted by Gasteiger charge is 2.08. The first kappa shape index (κ1) is 14.8. The molecule has 0 bridgehead atoms. The van der Waals surface area contributed by atoms with Crippen molar-refractivity contribution < 1.29 is 9.90 Å². The van der Waals surface area contributed by atoms with E-state index in [9.17, 15) is 9.90 Å². The average Bonchev–Trinajstić information content (AvgIpc) is 2.33. The molecule has 0 aliphatic rings. The average molecular weight is 271 g/mol. The number of aliphatic hydroxyl groups excluding tert-OH is 1. The van der Waals surface area contributed by atoms with Crippen molar-refractivity contribution in [2.24, 2.45) is 0 Å². The van der Waals surface area contributed by atoms with Gasteiger partial charge in [-0.2, -0.15) is 0 Å². The summed E-state index contributed by atoms with van der Waals surface area (Å²) in [6, 6.07) is 5.06. The van der Waals surface area contributed by atoms with Crippen molar-refractivity contribution in [3.63, 3.8) is 0 Å². The molecule has 100 valence electrons. The predicted molar refractivity (Wildman–Crippen MR) is 74.1 cm³/mol. The van der Waals surface area contributed by atoms with E-state index < -0.39 is 6.10 Å². The molecule has 0 spiro atoms. The molecule has 2 amide bonds. The lowest BCUT2D eigenvalue weighted by Gasteiger charge is -2.13. The van der Waals surface area contributed by atoms with Crippen molar-refractivity contribution in [2.45, 2.75) is 32.8 Å². The minimum atomic E-state index is -0.506. The molecule has 1 rings (SSSR count). The lowest BCUT2D eigenvalue weighted by Crippen LogP contribution is -2.35. The SMILES string of the molecule is CCCC(O)CNC(=O)Nc1cccc(C)c1Cl. The topological polar surface area (TPSA) is 61.4 Å². The molecule has 0 aliphatic heterocycles. The predicted octanol–water partition coefficient (Wildman–Crippen LogP) is 2.93. The van der Waals surface area contributed by atoms with Gasteiger partial charge in [0, 0.05) is 6.54 Å². The smallest absolute Gasteiger partial charge is 0.319 e. The van der Waals surface area contributed by atoms with Crippen LogP contribution >= 0.6 is 11.6 Å². The van der Waals surface area contributed by atoms with Gasteiger partial charge in [0.25, 0.3) is 0 Å². The summed E-state index contributed by atoms with van der Waals surface area (Å²) in [6.45, 7) is 4.09. The maximum Gasteiger partial charge on any atom is 0.319 e. The van der Waals surface area contributed by atoms with Crippen molar-refractivity contribution in [3.8, 4) is 0 Å². The molecule has 0 aromatic heterocycles. The number of rotatable bonds is 5. The summed E-state index contributed by atoms with van der Waals surface area (Å²) >= 11 is 6.06. The van der Waals surface area contributed by atoms with Crippen LogP contribution in [0.25, 0.3) is 0 Å².